The molecule has 8 heteroatoms. The van der Waals surface area contributed by atoms with E-state index in [2.05, 4.69) is 27.6 Å². The van der Waals surface area contributed by atoms with Crippen molar-refractivity contribution in [2.45, 2.75) is 18.6 Å². The molecular formula is C18H22N4O4. The van der Waals surface area contributed by atoms with Crippen LogP contribution in [0.1, 0.15) is 12.0 Å². The molecule has 8 nitrogen and oxygen atoms in total. The van der Waals surface area contributed by atoms with Crippen molar-refractivity contribution in [1.82, 2.24) is 21.5 Å². The summed E-state index contributed by atoms with van der Waals surface area (Å²) in [6.45, 7) is 0.370. The fourth-order valence-electron chi connectivity index (χ4n) is 4.08. The summed E-state index contributed by atoms with van der Waals surface area (Å²) in [5, 5.41) is 5.60. The first-order valence-electron chi connectivity index (χ1n) is 8.64. The number of fused-ring (bicyclic) bond motifs is 2. The summed E-state index contributed by atoms with van der Waals surface area (Å²) in [4.78, 5) is 24.5. The molecule has 2 amide bonds. The van der Waals surface area contributed by atoms with Gasteiger partial charge in [-0.25, -0.2) is 10.9 Å². The van der Waals surface area contributed by atoms with Crippen LogP contribution in [0.25, 0.3) is 6.08 Å². The van der Waals surface area contributed by atoms with Crippen LogP contribution in [0.3, 0.4) is 0 Å². The number of carbonyl (C=O) groups excluding carboxylic acids is 2. The fourth-order valence-corrected chi connectivity index (χ4v) is 4.08. The Balaban J connectivity index is 1.69. The Bertz CT molecular complexity index is 778. The number of nitrogens with one attached hydrogen (secondary N) is 4. The number of amides is 2. The van der Waals surface area contributed by atoms with Crippen molar-refractivity contribution in [2.75, 3.05) is 20.8 Å². The van der Waals surface area contributed by atoms with Crippen molar-refractivity contribution in [3.63, 3.8) is 0 Å². The van der Waals surface area contributed by atoms with Gasteiger partial charge in [-0.15, -0.1) is 0 Å². The lowest BCUT2D eigenvalue weighted by Crippen LogP contribution is -2.55. The fraction of sp³-hybridized carbons (Fsp3) is 0.444. The van der Waals surface area contributed by atoms with E-state index in [1.54, 1.807) is 14.2 Å². The molecule has 2 saturated heterocycles. The lowest BCUT2D eigenvalue weighted by Gasteiger charge is -2.37. The van der Waals surface area contributed by atoms with Crippen molar-refractivity contribution in [1.29, 1.82) is 0 Å². The summed E-state index contributed by atoms with van der Waals surface area (Å²) in [6.07, 6.45) is 2.09. The molecule has 0 spiro atoms. The van der Waals surface area contributed by atoms with E-state index in [0.29, 0.717) is 24.5 Å². The van der Waals surface area contributed by atoms with Crippen LogP contribution >= 0.6 is 0 Å². The van der Waals surface area contributed by atoms with E-state index in [1.807, 2.05) is 18.2 Å². The second-order valence-corrected chi connectivity index (χ2v) is 6.70. The number of piperidine rings is 1. The summed E-state index contributed by atoms with van der Waals surface area (Å²) in [6, 6.07) is 5.29. The Morgan fingerprint density at radius 3 is 2.96 bits per heavy atom. The molecule has 0 aromatic heterocycles. The first kappa shape index (κ1) is 16.9. The van der Waals surface area contributed by atoms with Crippen LogP contribution in [-0.4, -0.2) is 44.8 Å². The number of para-hydroxylation sites is 1. The van der Waals surface area contributed by atoms with Gasteiger partial charge in [0.2, 0.25) is 11.8 Å². The normalized spacial score (nSPS) is 29.6. The minimum absolute atomic E-state index is 0.0413. The number of methoxy groups -OCH3 is 1. The standard InChI is InChI=1S/C18H22N4O4/c1-19-18(24)15-14-11(7-13(23)20-17(14)22-21-15)10-6-9-4-3-5-12(25-2)16(9)26-8-10/h3-6,11,14-15,17,21-22H,7-8H2,1-2H3,(H,19,24)(H,20,23). The first-order chi connectivity index (χ1) is 12.6. The predicted molar refractivity (Wildman–Crippen MR) is 94.1 cm³/mol. The number of ether oxygens (including phenoxy) is 2. The van der Waals surface area contributed by atoms with Gasteiger partial charge >= 0.3 is 0 Å². The third-order valence-corrected chi connectivity index (χ3v) is 5.31. The smallest absolute Gasteiger partial charge is 0.238 e. The highest BCUT2D eigenvalue weighted by atomic mass is 16.5. The van der Waals surface area contributed by atoms with E-state index in [-0.39, 0.29) is 29.8 Å². The third kappa shape index (κ3) is 2.71. The molecule has 3 aliphatic rings. The van der Waals surface area contributed by atoms with Crippen molar-refractivity contribution in [3.05, 3.63) is 29.3 Å². The van der Waals surface area contributed by atoms with E-state index in [9.17, 15) is 9.59 Å². The highest BCUT2D eigenvalue weighted by molar-refractivity contribution is 5.84. The third-order valence-electron chi connectivity index (χ3n) is 5.31. The van der Waals surface area contributed by atoms with E-state index in [1.165, 1.54) is 0 Å². The van der Waals surface area contributed by atoms with E-state index < -0.39 is 6.04 Å². The lowest BCUT2D eigenvalue weighted by molar-refractivity contribution is -0.128. The highest BCUT2D eigenvalue weighted by Gasteiger charge is 2.49. The summed E-state index contributed by atoms with van der Waals surface area (Å²) >= 11 is 0. The zero-order valence-corrected chi connectivity index (χ0v) is 14.7. The molecule has 138 valence electrons. The number of likely N-dealkylation sites (N-methyl/N-ethyl adjacent to an activating group) is 1. The van der Waals surface area contributed by atoms with Gasteiger partial charge in [0.25, 0.3) is 0 Å². The number of hydrogen-bond donors (Lipinski definition) is 4. The van der Waals surface area contributed by atoms with Crippen LogP contribution in [0.4, 0.5) is 0 Å². The average Bonchev–Trinajstić information content (AvgIpc) is 3.09. The molecule has 2 fully saturated rings. The van der Waals surface area contributed by atoms with Gasteiger partial charge in [0.05, 0.1) is 13.3 Å². The lowest BCUT2D eigenvalue weighted by atomic mass is 9.75. The SMILES string of the molecule is CNC(=O)C1NNC2NC(=O)CC(C3=Cc4cccc(OC)c4OC3)C21. The maximum absolute atomic E-state index is 12.3. The molecule has 4 rings (SSSR count). The molecule has 0 saturated carbocycles. The molecule has 1 aromatic carbocycles. The van der Waals surface area contributed by atoms with Gasteiger partial charge in [0.15, 0.2) is 11.5 Å². The number of hydrazine groups is 1. The van der Waals surface area contributed by atoms with Crippen LogP contribution in [0.15, 0.2) is 23.8 Å². The number of hydrogen-bond acceptors (Lipinski definition) is 6. The summed E-state index contributed by atoms with van der Waals surface area (Å²) in [5.74, 6) is 1.05. The Kier molecular flexibility index (Phi) is 4.29. The second kappa shape index (κ2) is 6.62. The molecule has 1 aromatic rings. The van der Waals surface area contributed by atoms with Gasteiger partial charge in [0.1, 0.15) is 12.6 Å². The van der Waals surface area contributed by atoms with Gasteiger partial charge in [-0.3, -0.25) is 9.59 Å². The number of carbonyl (C=O) groups is 2. The monoisotopic (exact) mass is 358 g/mol. The molecule has 3 aliphatic heterocycles. The van der Waals surface area contributed by atoms with Crippen LogP contribution in [-0.2, 0) is 9.59 Å². The molecule has 4 N–H and O–H groups in total. The summed E-state index contributed by atoms with van der Waals surface area (Å²) in [5.41, 5.74) is 7.97. The second-order valence-electron chi connectivity index (χ2n) is 6.70. The summed E-state index contributed by atoms with van der Waals surface area (Å²) < 4.78 is 11.3. The maximum atomic E-state index is 12.3. The largest absolute Gasteiger partial charge is 0.493 e. The molecule has 4 atom stereocenters. The summed E-state index contributed by atoms with van der Waals surface area (Å²) in [7, 11) is 3.22. The van der Waals surface area contributed by atoms with Crippen molar-refractivity contribution in [3.8, 4) is 11.5 Å². The minimum Gasteiger partial charge on any atom is -0.493 e. The van der Waals surface area contributed by atoms with Crippen LogP contribution in [0.5, 0.6) is 11.5 Å². The predicted octanol–water partition coefficient (Wildman–Crippen LogP) is -0.228. The Morgan fingerprint density at radius 1 is 1.35 bits per heavy atom. The van der Waals surface area contributed by atoms with E-state index in [0.717, 1.165) is 11.1 Å². The van der Waals surface area contributed by atoms with E-state index >= 15 is 0 Å². The zero-order valence-electron chi connectivity index (χ0n) is 14.7. The molecule has 26 heavy (non-hydrogen) atoms. The van der Waals surface area contributed by atoms with Crippen LogP contribution in [0, 0.1) is 11.8 Å². The number of benzene rings is 1. The van der Waals surface area contributed by atoms with Crippen LogP contribution < -0.4 is 31.0 Å². The zero-order chi connectivity index (χ0) is 18.3. The highest BCUT2D eigenvalue weighted by Crippen LogP contribution is 2.41. The van der Waals surface area contributed by atoms with Crippen molar-refractivity contribution >= 4 is 17.9 Å². The average molecular weight is 358 g/mol. The van der Waals surface area contributed by atoms with Gasteiger partial charge in [-0.05, 0) is 17.7 Å². The number of rotatable bonds is 3. The maximum Gasteiger partial charge on any atom is 0.238 e. The van der Waals surface area contributed by atoms with Crippen molar-refractivity contribution in [2.24, 2.45) is 11.8 Å². The topological polar surface area (TPSA) is 101 Å². The Hall–Kier alpha value is -2.58. The quantitative estimate of drug-likeness (QED) is 0.596. The Morgan fingerprint density at radius 2 is 2.19 bits per heavy atom. The molecule has 0 bridgehead atoms. The van der Waals surface area contributed by atoms with Gasteiger partial charge in [-0.1, -0.05) is 12.1 Å². The molecule has 3 heterocycles. The molecule has 0 aliphatic carbocycles. The molecule has 4 unspecified atom stereocenters. The van der Waals surface area contributed by atoms with Crippen LogP contribution in [0.2, 0.25) is 0 Å². The van der Waals surface area contributed by atoms with Crippen molar-refractivity contribution < 1.29 is 19.1 Å². The molecular weight excluding hydrogens is 336 g/mol. The molecule has 0 radical (unpaired) electrons. The minimum atomic E-state index is -0.428. The van der Waals surface area contributed by atoms with Gasteiger partial charge in [-0.2, -0.15) is 0 Å². The Labute approximate surface area is 151 Å². The van der Waals surface area contributed by atoms with Gasteiger partial charge in [0, 0.05) is 30.9 Å². The first-order valence-corrected chi connectivity index (χ1v) is 8.64. The van der Waals surface area contributed by atoms with E-state index in [4.69, 9.17) is 9.47 Å². The van der Waals surface area contributed by atoms with Gasteiger partial charge < -0.3 is 20.1 Å².